The van der Waals surface area contributed by atoms with Crippen molar-refractivity contribution in [2.24, 2.45) is 5.73 Å². The van der Waals surface area contributed by atoms with Gasteiger partial charge in [-0.3, -0.25) is 0 Å². The Labute approximate surface area is 138 Å². The minimum Gasteiger partial charge on any atom is -0.444 e. The smallest absolute Gasteiger partial charge is 0.410 e. The van der Waals surface area contributed by atoms with Gasteiger partial charge in [0.2, 0.25) is 0 Å². The number of rotatable bonds is 6. The Balaban J connectivity index is 2.70. The zero-order chi connectivity index (χ0) is 17.7. The maximum absolute atomic E-state index is 12.3. The molecule has 0 aromatic rings. The summed E-state index contributed by atoms with van der Waals surface area (Å²) in [6.07, 6.45) is -0.458. The third kappa shape index (κ3) is 6.22. The SMILES string of the molecule is COCCNS(=O)(=O)N1CCN(C(=O)OC(C)(C)C)CC1CN. The molecule has 3 N–H and O–H groups in total. The minimum atomic E-state index is -3.66. The van der Waals surface area contributed by atoms with Crippen molar-refractivity contribution in [1.82, 2.24) is 13.9 Å². The lowest BCUT2D eigenvalue weighted by Crippen LogP contribution is -2.61. The Kier molecular flexibility index (Phi) is 7.21. The van der Waals surface area contributed by atoms with Gasteiger partial charge in [0.05, 0.1) is 12.6 Å². The van der Waals surface area contributed by atoms with Gasteiger partial charge in [0.1, 0.15) is 5.60 Å². The topological polar surface area (TPSA) is 114 Å². The molecule has 0 aliphatic carbocycles. The maximum Gasteiger partial charge on any atom is 0.410 e. The normalized spacial score (nSPS) is 20.6. The molecule has 1 heterocycles. The van der Waals surface area contributed by atoms with Gasteiger partial charge < -0.3 is 20.1 Å². The van der Waals surface area contributed by atoms with E-state index >= 15 is 0 Å². The lowest BCUT2D eigenvalue weighted by molar-refractivity contribution is 0.0137. The highest BCUT2D eigenvalue weighted by Crippen LogP contribution is 2.16. The third-order valence-corrected chi connectivity index (χ3v) is 4.92. The standard InChI is InChI=1S/C13H28N4O5S/c1-13(2,3)22-12(18)16-6-7-17(11(9-14)10-16)23(19,20)15-5-8-21-4/h11,15H,5-10,14H2,1-4H3. The summed E-state index contributed by atoms with van der Waals surface area (Å²) in [5, 5.41) is 0. The van der Waals surface area contributed by atoms with Crippen LogP contribution in [0.5, 0.6) is 0 Å². The Morgan fingerprint density at radius 3 is 2.52 bits per heavy atom. The largest absolute Gasteiger partial charge is 0.444 e. The highest BCUT2D eigenvalue weighted by molar-refractivity contribution is 7.87. The first-order chi connectivity index (χ1) is 10.6. The zero-order valence-corrected chi connectivity index (χ0v) is 15.1. The van der Waals surface area contributed by atoms with E-state index in [-0.39, 0.29) is 39.3 Å². The third-order valence-electron chi connectivity index (χ3n) is 3.25. The van der Waals surface area contributed by atoms with Crippen LogP contribution in [0.25, 0.3) is 0 Å². The van der Waals surface area contributed by atoms with Crippen molar-refractivity contribution < 1.29 is 22.7 Å². The molecule has 0 aromatic carbocycles. The highest BCUT2D eigenvalue weighted by Gasteiger charge is 2.37. The predicted molar refractivity (Wildman–Crippen MR) is 86.2 cm³/mol. The second-order valence-corrected chi connectivity index (χ2v) is 8.03. The molecule has 136 valence electrons. The van der Waals surface area contributed by atoms with Gasteiger partial charge in [0.15, 0.2) is 0 Å². The van der Waals surface area contributed by atoms with E-state index in [1.807, 2.05) is 0 Å². The van der Waals surface area contributed by atoms with Crippen molar-refractivity contribution in [1.29, 1.82) is 0 Å². The van der Waals surface area contributed by atoms with Crippen molar-refractivity contribution >= 4 is 16.3 Å². The molecule has 1 aliphatic heterocycles. The fraction of sp³-hybridized carbons (Fsp3) is 0.923. The average Bonchev–Trinajstić information content (AvgIpc) is 2.45. The fourth-order valence-corrected chi connectivity index (χ4v) is 3.57. The molecule has 23 heavy (non-hydrogen) atoms. The van der Waals surface area contributed by atoms with Crippen LogP contribution in [0.4, 0.5) is 4.79 Å². The minimum absolute atomic E-state index is 0.116. The summed E-state index contributed by atoms with van der Waals surface area (Å²) in [4.78, 5) is 13.6. The van der Waals surface area contributed by atoms with Crippen LogP contribution in [0, 0.1) is 0 Å². The summed E-state index contributed by atoms with van der Waals surface area (Å²) in [5.41, 5.74) is 5.10. The maximum atomic E-state index is 12.3. The van der Waals surface area contributed by atoms with Gasteiger partial charge in [-0.15, -0.1) is 0 Å². The predicted octanol–water partition coefficient (Wildman–Crippen LogP) is -0.653. The molecule has 0 aromatic heterocycles. The van der Waals surface area contributed by atoms with Crippen LogP contribution in [0.3, 0.4) is 0 Å². The molecule has 1 fully saturated rings. The van der Waals surface area contributed by atoms with Crippen LogP contribution in [0.15, 0.2) is 0 Å². The zero-order valence-electron chi connectivity index (χ0n) is 14.2. The number of nitrogens with zero attached hydrogens (tertiary/aromatic N) is 2. The van der Waals surface area contributed by atoms with Crippen molar-refractivity contribution in [2.45, 2.75) is 32.4 Å². The summed E-state index contributed by atoms with van der Waals surface area (Å²) in [6.45, 7) is 6.57. The molecule has 1 aliphatic rings. The molecule has 10 heteroatoms. The number of nitrogens with one attached hydrogen (secondary N) is 1. The van der Waals surface area contributed by atoms with Crippen LogP contribution >= 0.6 is 0 Å². The Hall–Kier alpha value is -0.940. The van der Waals surface area contributed by atoms with E-state index in [0.29, 0.717) is 0 Å². The molecular weight excluding hydrogens is 324 g/mol. The number of amides is 1. The van der Waals surface area contributed by atoms with Crippen molar-refractivity contribution in [3.63, 3.8) is 0 Å². The Morgan fingerprint density at radius 2 is 2.00 bits per heavy atom. The number of methoxy groups -OCH3 is 1. The Morgan fingerprint density at radius 1 is 1.35 bits per heavy atom. The summed E-state index contributed by atoms with van der Waals surface area (Å²) >= 11 is 0. The molecule has 1 amide bonds. The molecule has 1 atom stereocenters. The number of carbonyl (C=O) groups excluding carboxylic acids is 1. The van der Waals surface area contributed by atoms with Gasteiger partial charge in [0, 0.05) is 39.8 Å². The lowest BCUT2D eigenvalue weighted by Gasteiger charge is -2.40. The van der Waals surface area contributed by atoms with Crippen LogP contribution in [0.1, 0.15) is 20.8 Å². The summed E-state index contributed by atoms with van der Waals surface area (Å²) in [5.74, 6) is 0. The second kappa shape index (κ2) is 8.25. The quantitative estimate of drug-likeness (QED) is 0.614. The van der Waals surface area contributed by atoms with Crippen LogP contribution in [0.2, 0.25) is 0 Å². The van der Waals surface area contributed by atoms with E-state index in [2.05, 4.69) is 4.72 Å². The number of hydrogen-bond donors (Lipinski definition) is 2. The summed E-state index contributed by atoms with van der Waals surface area (Å²) in [7, 11) is -2.16. The van der Waals surface area contributed by atoms with E-state index < -0.39 is 27.9 Å². The first-order valence-corrected chi connectivity index (χ1v) is 8.98. The number of ether oxygens (including phenoxy) is 2. The first kappa shape index (κ1) is 20.1. The van der Waals surface area contributed by atoms with E-state index in [9.17, 15) is 13.2 Å². The van der Waals surface area contributed by atoms with Gasteiger partial charge in [-0.05, 0) is 20.8 Å². The number of piperazine rings is 1. The van der Waals surface area contributed by atoms with E-state index in [1.54, 1.807) is 20.8 Å². The van der Waals surface area contributed by atoms with E-state index in [4.69, 9.17) is 15.2 Å². The van der Waals surface area contributed by atoms with Gasteiger partial charge in [-0.2, -0.15) is 17.4 Å². The summed E-state index contributed by atoms with van der Waals surface area (Å²) < 4.78 is 38.5. The van der Waals surface area contributed by atoms with Crippen molar-refractivity contribution in [3.8, 4) is 0 Å². The average molecular weight is 352 g/mol. The molecule has 9 nitrogen and oxygen atoms in total. The Bertz CT molecular complexity index is 491. The molecule has 0 saturated carbocycles. The number of hydrogen-bond acceptors (Lipinski definition) is 6. The highest BCUT2D eigenvalue weighted by atomic mass is 32.2. The fourth-order valence-electron chi connectivity index (χ4n) is 2.20. The van der Waals surface area contributed by atoms with Crippen molar-refractivity contribution in [3.05, 3.63) is 0 Å². The monoisotopic (exact) mass is 352 g/mol. The molecule has 0 spiro atoms. The molecular formula is C13H28N4O5S. The molecule has 1 rings (SSSR count). The number of nitrogens with two attached hydrogens (primary N) is 1. The molecule has 0 radical (unpaired) electrons. The van der Waals surface area contributed by atoms with Crippen LogP contribution < -0.4 is 10.5 Å². The van der Waals surface area contributed by atoms with Crippen molar-refractivity contribution in [2.75, 3.05) is 46.4 Å². The lowest BCUT2D eigenvalue weighted by atomic mass is 10.2. The molecule has 1 unspecified atom stereocenters. The van der Waals surface area contributed by atoms with E-state index in [0.717, 1.165) is 0 Å². The van der Waals surface area contributed by atoms with Gasteiger partial charge in [0.25, 0.3) is 10.2 Å². The van der Waals surface area contributed by atoms with Crippen LogP contribution in [-0.2, 0) is 19.7 Å². The van der Waals surface area contributed by atoms with Crippen LogP contribution in [-0.4, -0.2) is 81.8 Å². The van der Waals surface area contributed by atoms with Gasteiger partial charge in [-0.1, -0.05) is 0 Å². The number of carbonyl (C=O) groups is 1. The second-order valence-electron chi connectivity index (χ2n) is 6.32. The molecule has 1 saturated heterocycles. The van der Waals surface area contributed by atoms with Gasteiger partial charge in [-0.25, -0.2) is 4.79 Å². The van der Waals surface area contributed by atoms with E-state index in [1.165, 1.54) is 16.3 Å². The summed E-state index contributed by atoms with van der Waals surface area (Å²) in [6, 6.07) is -0.490. The molecule has 0 bridgehead atoms. The van der Waals surface area contributed by atoms with Gasteiger partial charge >= 0.3 is 6.09 Å². The first-order valence-electron chi connectivity index (χ1n) is 7.54.